The van der Waals surface area contributed by atoms with Crippen LogP contribution in [-0.4, -0.2) is 11.2 Å². The van der Waals surface area contributed by atoms with Gasteiger partial charge in [0.1, 0.15) is 5.75 Å². The molecule has 2 aromatic carbocycles. The number of benzene rings is 2. The number of rotatable bonds is 4. The van der Waals surface area contributed by atoms with Crippen LogP contribution >= 0.6 is 15.9 Å². The summed E-state index contributed by atoms with van der Waals surface area (Å²) in [5.41, 5.74) is -0.271. The van der Waals surface area contributed by atoms with Gasteiger partial charge < -0.3 is 4.74 Å². The van der Waals surface area contributed by atoms with Crippen LogP contribution in [0.25, 0.3) is 0 Å². The van der Waals surface area contributed by atoms with Gasteiger partial charge in [-0.3, -0.25) is 14.9 Å². The first-order valence-electron chi connectivity index (χ1n) is 5.38. The largest absolute Gasteiger partial charge is 0.453 e. The fraction of sp³-hybridized carbons (Fsp3) is 0. The van der Waals surface area contributed by atoms with E-state index in [1.807, 2.05) is 0 Å². The van der Waals surface area contributed by atoms with Crippen LogP contribution in [0.15, 0.2) is 40.9 Å². The molecular formula is C13H7BrFNO4. The van der Waals surface area contributed by atoms with Gasteiger partial charge in [0.2, 0.25) is 0 Å². The van der Waals surface area contributed by atoms with E-state index in [0.29, 0.717) is 10.8 Å². The van der Waals surface area contributed by atoms with Gasteiger partial charge in [-0.15, -0.1) is 0 Å². The van der Waals surface area contributed by atoms with Crippen molar-refractivity contribution >= 4 is 27.9 Å². The van der Waals surface area contributed by atoms with Crippen molar-refractivity contribution in [2.24, 2.45) is 0 Å². The molecule has 20 heavy (non-hydrogen) atoms. The third-order valence-electron chi connectivity index (χ3n) is 2.44. The van der Waals surface area contributed by atoms with E-state index in [1.165, 1.54) is 30.3 Å². The average Bonchev–Trinajstić information content (AvgIpc) is 2.43. The molecule has 2 rings (SSSR count). The van der Waals surface area contributed by atoms with E-state index in [9.17, 15) is 19.3 Å². The first kappa shape index (κ1) is 14.1. The van der Waals surface area contributed by atoms with Gasteiger partial charge in [-0.1, -0.05) is 15.9 Å². The molecule has 7 heteroatoms. The molecule has 0 amide bonds. The number of carbonyl (C=O) groups is 1. The number of nitro benzene ring substituents is 1. The zero-order valence-corrected chi connectivity index (χ0v) is 11.5. The summed E-state index contributed by atoms with van der Waals surface area (Å²) in [6, 6.07) is 7.59. The summed E-state index contributed by atoms with van der Waals surface area (Å²) in [6.45, 7) is 0. The second kappa shape index (κ2) is 5.79. The molecule has 0 bridgehead atoms. The monoisotopic (exact) mass is 339 g/mol. The molecular weight excluding hydrogens is 333 g/mol. The topological polar surface area (TPSA) is 69.4 Å². The van der Waals surface area contributed by atoms with E-state index >= 15 is 0 Å². The lowest BCUT2D eigenvalue weighted by molar-refractivity contribution is -0.384. The van der Waals surface area contributed by atoms with Gasteiger partial charge in [-0.05, 0) is 24.3 Å². The third-order valence-corrected chi connectivity index (χ3v) is 2.94. The number of non-ortho nitro benzene ring substituents is 1. The van der Waals surface area contributed by atoms with Crippen LogP contribution in [0.2, 0.25) is 0 Å². The van der Waals surface area contributed by atoms with Crippen LogP contribution in [0.1, 0.15) is 10.4 Å². The molecule has 0 fully saturated rings. The SMILES string of the molecule is O=Cc1cc([N+](=O)[O-])ccc1Oc1cc(Br)ccc1F. The summed E-state index contributed by atoms with van der Waals surface area (Å²) >= 11 is 3.17. The van der Waals surface area contributed by atoms with Gasteiger partial charge in [-0.2, -0.15) is 0 Å². The van der Waals surface area contributed by atoms with Gasteiger partial charge >= 0.3 is 0 Å². The Bertz CT molecular complexity index is 690. The zero-order valence-electron chi connectivity index (χ0n) is 9.88. The maximum Gasteiger partial charge on any atom is 0.270 e. The third kappa shape index (κ3) is 3.00. The smallest absolute Gasteiger partial charge is 0.270 e. The number of halogens is 2. The van der Waals surface area contributed by atoms with Gasteiger partial charge in [0.15, 0.2) is 17.9 Å². The fourth-order valence-electron chi connectivity index (χ4n) is 1.51. The number of aldehydes is 1. The highest BCUT2D eigenvalue weighted by molar-refractivity contribution is 9.10. The van der Waals surface area contributed by atoms with Crippen LogP contribution in [-0.2, 0) is 0 Å². The standard InChI is InChI=1S/C13H7BrFNO4/c14-9-1-3-11(15)13(6-9)20-12-4-2-10(16(18)19)5-8(12)7-17/h1-7H. The quantitative estimate of drug-likeness (QED) is 0.477. The predicted molar refractivity (Wildman–Crippen MR) is 72.7 cm³/mol. The summed E-state index contributed by atoms with van der Waals surface area (Å²) in [5.74, 6) is -0.651. The van der Waals surface area contributed by atoms with Crippen LogP contribution in [0.3, 0.4) is 0 Å². The van der Waals surface area contributed by atoms with Crippen molar-refractivity contribution in [1.29, 1.82) is 0 Å². The van der Waals surface area contributed by atoms with E-state index in [-0.39, 0.29) is 22.7 Å². The Labute approximate surface area is 121 Å². The highest BCUT2D eigenvalue weighted by Gasteiger charge is 2.13. The van der Waals surface area contributed by atoms with Crippen molar-refractivity contribution < 1.29 is 18.8 Å². The molecule has 0 aromatic heterocycles. The normalized spacial score (nSPS) is 10.1. The number of nitro groups is 1. The molecule has 0 N–H and O–H groups in total. The molecule has 5 nitrogen and oxygen atoms in total. The van der Waals surface area contributed by atoms with E-state index in [2.05, 4.69) is 15.9 Å². The van der Waals surface area contributed by atoms with E-state index in [0.717, 1.165) is 6.07 Å². The van der Waals surface area contributed by atoms with Crippen LogP contribution in [0.5, 0.6) is 11.5 Å². The lowest BCUT2D eigenvalue weighted by Gasteiger charge is -2.09. The Morgan fingerprint density at radius 3 is 2.60 bits per heavy atom. The minimum absolute atomic E-state index is 0.0291. The predicted octanol–water partition coefficient (Wildman–Crippen LogP) is 4.10. The summed E-state index contributed by atoms with van der Waals surface area (Å²) in [7, 11) is 0. The minimum atomic E-state index is -0.629. The maximum atomic E-state index is 13.6. The van der Waals surface area contributed by atoms with E-state index < -0.39 is 10.7 Å². The van der Waals surface area contributed by atoms with Crippen molar-refractivity contribution in [2.45, 2.75) is 0 Å². The number of hydrogen-bond acceptors (Lipinski definition) is 4. The lowest BCUT2D eigenvalue weighted by Crippen LogP contribution is -1.95. The number of carbonyl (C=O) groups excluding carboxylic acids is 1. The van der Waals surface area contributed by atoms with Crippen molar-refractivity contribution in [2.75, 3.05) is 0 Å². The lowest BCUT2D eigenvalue weighted by atomic mass is 10.2. The Morgan fingerprint density at radius 1 is 1.20 bits per heavy atom. The molecule has 2 aromatic rings. The van der Waals surface area contributed by atoms with Crippen LogP contribution in [0.4, 0.5) is 10.1 Å². The van der Waals surface area contributed by atoms with E-state index in [1.54, 1.807) is 0 Å². The second-order valence-corrected chi connectivity index (χ2v) is 4.69. The van der Waals surface area contributed by atoms with Gasteiger partial charge in [0, 0.05) is 16.6 Å². The molecule has 0 atom stereocenters. The van der Waals surface area contributed by atoms with E-state index in [4.69, 9.17) is 4.74 Å². The second-order valence-electron chi connectivity index (χ2n) is 3.77. The number of hydrogen-bond donors (Lipinski definition) is 0. The molecule has 0 radical (unpaired) electrons. The Morgan fingerprint density at radius 2 is 1.95 bits per heavy atom. The number of nitrogens with zero attached hydrogens (tertiary/aromatic N) is 1. The molecule has 0 aliphatic carbocycles. The zero-order chi connectivity index (χ0) is 14.7. The maximum absolute atomic E-state index is 13.6. The molecule has 0 saturated carbocycles. The fourth-order valence-corrected chi connectivity index (χ4v) is 1.85. The highest BCUT2D eigenvalue weighted by Crippen LogP contribution is 2.31. The van der Waals surface area contributed by atoms with Crippen LogP contribution in [0, 0.1) is 15.9 Å². The highest BCUT2D eigenvalue weighted by atomic mass is 79.9. The van der Waals surface area contributed by atoms with Crippen molar-refractivity contribution in [3.63, 3.8) is 0 Å². The molecule has 102 valence electrons. The molecule has 0 aliphatic heterocycles. The Kier molecular flexibility index (Phi) is 4.09. The Hall–Kier alpha value is -2.28. The van der Waals surface area contributed by atoms with Gasteiger partial charge in [-0.25, -0.2) is 4.39 Å². The van der Waals surface area contributed by atoms with Crippen molar-refractivity contribution in [1.82, 2.24) is 0 Å². The van der Waals surface area contributed by atoms with Crippen molar-refractivity contribution in [3.05, 3.63) is 62.4 Å². The first-order valence-corrected chi connectivity index (χ1v) is 6.17. The van der Waals surface area contributed by atoms with Gasteiger partial charge in [0.25, 0.3) is 5.69 Å². The van der Waals surface area contributed by atoms with Gasteiger partial charge in [0.05, 0.1) is 10.5 Å². The van der Waals surface area contributed by atoms with Crippen molar-refractivity contribution in [3.8, 4) is 11.5 Å². The number of ether oxygens (including phenoxy) is 1. The molecule has 0 spiro atoms. The minimum Gasteiger partial charge on any atom is -0.453 e. The average molecular weight is 340 g/mol. The summed E-state index contributed by atoms with van der Waals surface area (Å²) < 4.78 is 19.4. The summed E-state index contributed by atoms with van der Waals surface area (Å²) in [5, 5.41) is 10.6. The first-order chi connectivity index (χ1) is 9.51. The van der Waals surface area contributed by atoms with Crippen LogP contribution < -0.4 is 4.74 Å². The molecule has 0 unspecified atom stereocenters. The summed E-state index contributed by atoms with van der Waals surface area (Å²) in [4.78, 5) is 20.9. The molecule has 0 aliphatic rings. The molecule has 0 heterocycles. The Balaban J connectivity index is 2.40. The molecule has 0 saturated heterocycles. The summed E-state index contributed by atoms with van der Waals surface area (Å²) in [6.07, 6.45) is 0.415.